The maximum absolute atomic E-state index is 14.5. The maximum Gasteiger partial charge on any atom is 0.416 e. The third-order valence-corrected chi connectivity index (χ3v) is 5.50. The Hall–Kier alpha value is -3.81. The summed E-state index contributed by atoms with van der Waals surface area (Å²) in [6.45, 7) is 3.25. The predicted octanol–water partition coefficient (Wildman–Crippen LogP) is 6.85. The van der Waals surface area contributed by atoms with Gasteiger partial charge in [0.05, 0.1) is 16.8 Å². The number of allylic oxidation sites excluding steroid dienone is 1. The van der Waals surface area contributed by atoms with E-state index in [1.54, 1.807) is 50.3 Å². The number of halogens is 5. The summed E-state index contributed by atoms with van der Waals surface area (Å²) in [4.78, 5) is 17.6. The van der Waals surface area contributed by atoms with Crippen LogP contribution in [-0.2, 0) is 18.1 Å². The largest absolute Gasteiger partial charge is 0.416 e. The summed E-state index contributed by atoms with van der Waals surface area (Å²) in [7, 11) is 0. The van der Waals surface area contributed by atoms with Gasteiger partial charge in [-0.2, -0.15) is 13.2 Å². The molecule has 35 heavy (non-hydrogen) atoms. The quantitative estimate of drug-likeness (QED) is 0.288. The highest BCUT2D eigenvalue weighted by molar-refractivity contribution is 5.95. The maximum atomic E-state index is 14.5. The molecule has 3 rings (SSSR count). The summed E-state index contributed by atoms with van der Waals surface area (Å²) in [6, 6.07) is 16.4. The molecular weight excluding hydrogens is 463 g/mol. The third kappa shape index (κ3) is 5.65. The van der Waals surface area contributed by atoms with Crippen LogP contribution in [0.15, 0.2) is 89.6 Å². The van der Waals surface area contributed by atoms with E-state index in [4.69, 9.17) is 0 Å². The Morgan fingerprint density at radius 2 is 1.57 bits per heavy atom. The highest BCUT2D eigenvalue weighted by atomic mass is 19.4. The Morgan fingerprint density at radius 1 is 0.914 bits per heavy atom. The summed E-state index contributed by atoms with van der Waals surface area (Å²) < 4.78 is 69.2. The molecule has 3 nitrogen and oxygen atoms in total. The van der Waals surface area contributed by atoms with Gasteiger partial charge in [-0.15, -0.1) is 0 Å². The fraction of sp³-hybridized carbons (Fsp3) is 0.185. The average Bonchev–Trinajstić information content (AvgIpc) is 2.84. The van der Waals surface area contributed by atoms with Gasteiger partial charge in [-0.25, -0.2) is 8.78 Å². The van der Waals surface area contributed by atoms with Gasteiger partial charge >= 0.3 is 6.18 Å². The molecule has 0 heterocycles. The van der Waals surface area contributed by atoms with Gasteiger partial charge in [0.1, 0.15) is 5.54 Å². The number of nitrogens with zero attached hydrogens (tertiary/aromatic N) is 1. The normalized spacial score (nSPS) is 14.1. The van der Waals surface area contributed by atoms with Crippen molar-refractivity contribution in [3.8, 4) is 0 Å². The first-order valence-corrected chi connectivity index (χ1v) is 10.8. The number of hydrogen-bond donors (Lipinski definition) is 1. The number of benzene rings is 3. The van der Waals surface area contributed by atoms with Gasteiger partial charge in [0.25, 0.3) is 5.91 Å². The number of aliphatic imine (C=N–C) groups is 1. The lowest BCUT2D eigenvalue weighted by Gasteiger charge is -2.37. The van der Waals surface area contributed by atoms with Crippen molar-refractivity contribution >= 4 is 12.1 Å². The molecule has 0 saturated heterocycles. The van der Waals surface area contributed by atoms with Crippen LogP contribution >= 0.6 is 0 Å². The number of alkyl halides is 3. The van der Waals surface area contributed by atoms with Crippen molar-refractivity contribution in [1.82, 2.24) is 5.32 Å². The second-order valence-corrected chi connectivity index (χ2v) is 7.76. The van der Waals surface area contributed by atoms with Crippen molar-refractivity contribution in [3.05, 3.63) is 118 Å². The van der Waals surface area contributed by atoms with Gasteiger partial charge in [-0.05, 0) is 49.2 Å². The van der Waals surface area contributed by atoms with Crippen molar-refractivity contribution in [2.24, 2.45) is 4.99 Å². The zero-order valence-corrected chi connectivity index (χ0v) is 19.0. The number of carbonyl (C=O) groups is 1. The first-order chi connectivity index (χ1) is 16.6. The molecule has 3 aromatic carbocycles. The zero-order chi connectivity index (χ0) is 25.6. The first-order valence-electron chi connectivity index (χ1n) is 10.8. The van der Waals surface area contributed by atoms with Gasteiger partial charge in [0.15, 0.2) is 11.6 Å². The Balaban J connectivity index is 2.29. The molecule has 182 valence electrons. The summed E-state index contributed by atoms with van der Waals surface area (Å²) in [5.41, 5.74) is -2.15. The van der Waals surface area contributed by atoms with E-state index in [1.807, 2.05) is 0 Å². The van der Waals surface area contributed by atoms with Crippen LogP contribution in [0.2, 0.25) is 0 Å². The van der Waals surface area contributed by atoms with Crippen molar-refractivity contribution in [1.29, 1.82) is 0 Å². The molecular formula is C27H23F5N2O. The molecule has 1 amide bonds. The van der Waals surface area contributed by atoms with E-state index in [9.17, 15) is 26.7 Å². The Labute approximate surface area is 200 Å². The Bertz CT molecular complexity index is 1250. The fourth-order valence-corrected chi connectivity index (χ4v) is 3.89. The minimum Gasteiger partial charge on any atom is -0.336 e. The lowest BCUT2D eigenvalue weighted by Crippen LogP contribution is -2.49. The monoisotopic (exact) mass is 486 g/mol. The van der Waals surface area contributed by atoms with Crippen molar-refractivity contribution in [2.45, 2.75) is 32.0 Å². The van der Waals surface area contributed by atoms with Crippen molar-refractivity contribution in [3.63, 3.8) is 0 Å². The predicted molar refractivity (Wildman–Crippen MR) is 125 cm³/mol. The molecule has 1 atom stereocenters. The van der Waals surface area contributed by atoms with E-state index >= 15 is 0 Å². The van der Waals surface area contributed by atoms with E-state index < -0.39 is 40.4 Å². The molecule has 0 spiro atoms. The number of nitrogens with one attached hydrogen (secondary N) is 1. The second-order valence-electron chi connectivity index (χ2n) is 7.76. The smallest absolute Gasteiger partial charge is 0.336 e. The molecule has 0 fully saturated rings. The van der Waals surface area contributed by atoms with Gasteiger partial charge in [0, 0.05) is 12.6 Å². The molecule has 0 aromatic heterocycles. The van der Waals surface area contributed by atoms with Crippen molar-refractivity contribution in [2.75, 3.05) is 0 Å². The Kier molecular flexibility index (Phi) is 7.84. The summed E-state index contributed by atoms with van der Waals surface area (Å²) in [5, 5.41) is 2.70. The van der Waals surface area contributed by atoms with Crippen LogP contribution in [0.25, 0.3) is 0 Å². The standard InChI is InChI=1S/C27H23F5N2O/c1-3-23(33-4-2)26(17-18-10-6-5-7-11-18,19-12-8-13-20(16-19)27(30,31)32)34-25(35)21-14-9-15-22(28)24(21)29/h3-16H,17H2,1-2H3,(H,34,35)/b23-3-,33-4?. The molecule has 0 radical (unpaired) electrons. The third-order valence-electron chi connectivity index (χ3n) is 5.50. The van der Waals surface area contributed by atoms with Gasteiger partial charge in [-0.3, -0.25) is 9.79 Å². The van der Waals surface area contributed by atoms with E-state index in [0.717, 1.165) is 24.3 Å². The fourth-order valence-electron chi connectivity index (χ4n) is 3.89. The van der Waals surface area contributed by atoms with Gasteiger partial charge in [-0.1, -0.05) is 54.6 Å². The summed E-state index contributed by atoms with van der Waals surface area (Å²) >= 11 is 0. The number of carbonyl (C=O) groups excluding carboxylic acids is 1. The minimum absolute atomic E-state index is 0.00512. The molecule has 8 heteroatoms. The lowest BCUT2D eigenvalue weighted by atomic mass is 9.79. The molecule has 0 bridgehead atoms. The SMILES string of the molecule is CC=N/C(=C\C)C(Cc1ccccc1)(NC(=O)c1cccc(F)c1F)c1cccc(C(F)(F)F)c1. The summed E-state index contributed by atoms with van der Waals surface area (Å²) in [5.74, 6) is -3.58. The molecule has 0 aliphatic heterocycles. The molecule has 0 saturated carbocycles. The van der Waals surface area contributed by atoms with E-state index in [0.29, 0.717) is 5.56 Å². The number of rotatable bonds is 7. The Morgan fingerprint density at radius 3 is 2.20 bits per heavy atom. The molecule has 1 N–H and O–H groups in total. The number of amides is 1. The highest BCUT2D eigenvalue weighted by Gasteiger charge is 2.41. The molecule has 0 aliphatic rings. The van der Waals surface area contributed by atoms with Crippen LogP contribution in [0.3, 0.4) is 0 Å². The zero-order valence-electron chi connectivity index (χ0n) is 19.0. The topological polar surface area (TPSA) is 41.5 Å². The number of hydrogen-bond acceptors (Lipinski definition) is 2. The van der Waals surface area contributed by atoms with Crippen LogP contribution in [-0.4, -0.2) is 12.1 Å². The van der Waals surface area contributed by atoms with Crippen LogP contribution in [0, 0.1) is 11.6 Å². The average molecular weight is 486 g/mol. The van der Waals surface area contributed by atoms with E-state index in [-0.39, 0.29) is 17.7 Å². The van der Waals surface area contributed by atoms with Crippen LogP contribution in [0.5, 0.6) is 0 Å². The molecule has 0 aliphatic carbocycles. The van der Waals surface area contributed by atoms with E-state index in [2.05, 4.69) is 10.3 Å². The molecule has 3 aromatic rings. The lowest BCUT2D eigenvalue weighted by molar-refractivity contribution is -0.137. The molecule has 1 unspecified atom stereocenters. The minimum atomic E-state index is -4.64. The van der Waals surface area contributed by atoms with Gasteiger partial charge < -0.3 is 5.32 Å². The second kappa shape index (κ2) is 10.6. The van der Waals surface area contributed by atoms with Crippen LogP contribution < -0.4 is 5.32 Å². The van der Waals surface area contributed by atoms with Crippen molar-refractivity contribution < 1.29 is 26.7 Å². The van der Waals surface area contributed by atoms with Crippen LogP contribution in [0.4, 0.5) is 22.0 Å². The van der Waals surface area contributed by atoms with Gasteiger partial charge in [0.2, 0.25) is 0 Å². The van der Waals surface area contributed by atoms with Crippen LogP contribution in [0.1, 0.15) is 40.9 Å². The summed E-state index contributed by atoms with van der Waals surface area (Å²) in [6.07, 6.45) is -1.64. The highest BCUT2D eigenvalue weighted by Crippen LogP contribution is 2.38. The first kappa shape index (κ1) is 25.8. The van der Waals surface area contributed by atoms with E-state index in [1.165, 1.54) is 24.4 Å².